The third-order valence-corrected chi connectivity index (χ3v) is 5.89. The van der Waals surface area contributed by atoms with Crippen molar-refractivity contribution in [3.8, 4) is 17.0 Å². The molecule has 0 fully saturated rings. The van der Waals surface area contributed by atoms with Crippen LogP contribution in [0.4, 0.5) is 0 Å². The van der Waals surface area contributed by atoms with Gasteiger partial charge in [0.25, 0.3) is 5.91 Å². The molecule has 1 amide bonds. The summed E-state index contributed by atoms with van der Waals surface area (Å²) in [5, 5.41) is 7.22. The second-order valence-corrected chi connectivity index (χ2v) is 9.61. The van der Waals surface area contributed by atoms with Crippen molar-refractivity contribution < 1.29 is 9.53 Å². The molecule has 0 aliphatic rings. The minimum atomic E-state index is -0.895. The van der Waals surface area contributed by atoms with Crippen LogP contribution in [0, 0.1) is 10.8 Å². The van der Waals surface area contributed by atoms with Crippen LogP contribution < -0.4 is 10.5 Å². The average Bonchev–Trinajstić information content (AvgIpc) is 2.80. The molecule has 3 rings (SSSR count). The molecule has 1 aromatic heterocycles. The second kappa shape index (κ2) is 11.1. The molecule has 176 valence electrons. The Balaban J connectivity index is 1.95. The van der Waals surface area contributed by atoms with Gasteiger partial charge in [0.15, 0.2) is 5.17 Å². The predicted octanol–water partition coefficient (Wildman–Crippen LogP) is 5.88. The molecule has 0 aliphatic carbocycles. The number of amides is 1. The van der Waals surface area contributed by atoms with Gasteiger partial charge in [-0.1, -0.05) is 50.2 Å². The fourth-order valence-electron chi connectivity index (χ4n) is 3.85. The molecule has 3 N–H and O–H groups in total. The van der Waals surface area contributed by atoms with Crippen LogP contribution in [0.2, 0.25) is 0 Å². The quantitative estimate of drug-likeness (QED) is 0.314. The van der Waals surface area contributed by atoms with Gasteiger partial charge >= 0.3 is 0 Å². The lowest BCUT2D eigenvalue weighted by molar-refractivity contribution is -0.126. The predicted molar refractivity (Wildman–Crippen MR) is 141 cm³/mol. The monoisotopic (exact) mass is 474 g/mol. The highest BCUT2D eigenvalue weighted by Gasteiger charge is 2.39. The third kappa shape index (κ3) is 6.11. The zero-order valence-electron chi connectivity index (χ0n) is 19.9. The highest BCUT2D eigenvalue weighted by molar-refractivity contribution is 8.24. The van der Waals surface area contributed by atoms with Gasteiger partial charge in [0, 0.05) is 17.7 Å². The Labute approximate surface area is 205 Å². The molecular formula is C27H30N4O2S. The van der Waals surface area contributed by atoms with Crippen molar-refractivity contribution in [2.45, 2.75) is 39.7 Å². The Bertz CT molecular complexity index is 1140. The molecule has 1 unspecified atom stereocenters. The lowest BCUT2D eigenvalue weighted by atomic mass is 9.71. The largest absolute Gasteiger partial charge is 0.491 e. The number of hydrogen-bond donors (Lipinski definition) is 2. The van der Waals surface area contributed by atoms with Crippen molar-refractivity contribution in [1.82, 2.24) is 4.98 Å². The number of carbonyl (C=O) groups is 1. The number of carbonyl (C=O) groups excluding carboxylic acids is 1. The summed E-state index contributed by atoms with van der Waals surface area (Å²) in [4.78, 5) is 21.9. The van der Waals surface area contributed by atoms with Crippen LogP contribution in [0.3, 0.4) is 0 Å². The van der Waals surface area contributed by atoms with Crippen molar-refractivity contribution in [2.24, 2.45) is 16.1 Å². The van der Waals surface area contributed by atoms with Gasteiger partial charge in [0.05, 0.1) is 22.8 Å². The van der Waals surface area contributed by atoms with Crippen molar-refractivity contribution in [1.29, 1.82) is 5.41 Å². The lowest BCUT2D eigenvalue weighted by Crippen LogP contribution is -2.32. The number of nitrogens with two attached hydrogens (primary N) is 1. The molecule has 1 heterocycles. The molecule has 0 spiro atoms. The molecule has 0 bridgehead atoms. The van der Waals surface area contributed by atoms with E-state index in [1.807, 2.05) is 101 Å². The van der Waals surface area contributed by atoms with Gasteiger partial charge in [-0.05, 0) is 67.1 Å². The van der Waals surface area contributed by atoms with Gasteiger partial charge in [0.1, 0.15) is 5.75 Å². The first-order valence-electron chi connectivity index (χ1n) is 11.0. The van der Waals surface area contributed by atoms with Gasteiger partial charge in [-0.25, -0.2) is 0 Å². The Hall–Kier alpha value is -3.45. The van der Waals surface area contributed by atoms with Crippen LogP contribution in [-0.2, 0) is 4.79 Å². The summed E-state index contributed by atoms with van der Waals surface area (Å²) >= 11 is 0.910. The van der Waals surface area contributed by atoms with Crippen molar-refractivity contribution >= 4 is 28.4 Å². The first kappa shape index (κ1) is 25.2. The summed E-state index contributed by atoms with van der Waals surface area (Å²) in [5.74, 6) is 0.185. The molecule has 0 saturated carbocycles. The summed E-state index contributed by atoms with van der Waals surface area (Å²) in [6.07, 6.45) is 1.94. The molecule has 3 aromatic rings. The highest BCUT2D eigenvalue weighted by Crippen LogP contribution is 2.42. The van der Waals surface area contributed by atoms with Crippen LogP contribution in [0.25, 0.3) is 11.3 Å². The van der Waals surface area contributed by atoms with E-state index in [9.17, 15) is 4.79 Å². The zero-order chi connectivity index (χ0) is 24.7. The number of benzene rings is 2. The minimum Gasteiger partial charge on any atom is -0.491 e. The summed E-state index contributed by atoms with van der Waals surface area (Å²) in [7, 11) is 0. The average molecular weight is 475 g/mol. The summed E-state index contributed by atoms with van der Waals surface area (Å²) < 4.78 is 5.72. The molecule has 0 aliphatic heterocycles. The highest BCUT2D eigenvalue weighted by atomic mass is 32.2. The summed E-state index contributed by atoms with van der Waals surface area (Å²) in [5.41, 5.74) is 9.66. The fraction of sp³-hybridized carbons (Fsp3) is 0.259. The van der Waals surface area contributed by atoms with Gasteiger partial charge in [0.2, 0.25) is 0 Å². The van der Waals surface area contributed by atoms with E-state index in [0.29, 0.717) is 0 Å². The van der Waals surface area contributed by atoms with Crippen molar-refractivity contribution in [3.05, 3.63) is 84.1 Å². The van der Waals surface area contributed by atoms with E-state index >= 15 is 0 Å². The normalized spacial score (nSPS) is 12.9. The maximum Gasteiger partial charge on any atom is 0.254 e. The van der Waals surface area contributed by atoms with Gasteiger partial charge in [-0.3, -0.25) is 9.78 Å². The maximum atomic E-state index is 13.1. The topological polar surface area (TPSA) is 101 Å². The van der Waals surface area contributed by atoms with E-state index in [-0.39, 0.29) is 23.1 Å². The number of amidine groups is 1. The van der Waals surface area contributed by atoms with Crippen LogP contribution in [0.5, 0.6) is 5.75 Å². The smallest absolute Gasteiger partial charge is 0.254 e. The van der Waals surface area contributed by atoms with Gasteiger partial charge < -0.3 is 15.9 Å². The molecule has 7 heteroatoms. The number of rotatable bonds is 8. The standard InChI is InChI=1S/C27H30N4O2S/c1-18(2)33-22-13-10-19(11-14-22)23-15-12-21(16-30-23)24(20-8-6-5-7-9-20)27(3,4)25(32)31-26(29)34-17-28/h5-18,24,28H,1-4H3,(H2,29,31,32). The second-order valence-electron chi connectivity index (χ2n) is 8.72. The van der Waals surface area contributed by atoms with E-state index in [1.165, 1.54) is 0 Å². The molecule has 1 atom stereocenters. The third-order valence-electron chi connectivity index (χ3n) is 5.44. The van der Waals surface area contributed by atoms with E-state index < -0.39 is 5.41 Å². The number of nitrogens with one attached hydrogen (secondary N) is 1. The number of pyridine rings is 1. The summed E-state index contributed by atoms with van der Waals surface area (Å²) in [6, 6.07) is 21.7. The van der Waals surface area contributed by atoms with Gasteiger partial charge in [-0.2, -0.15) is 4.99 Å². The molecule has 0 saturated heterocycles. The number of hydrogen-bond acceptors (Lipinski definition) is 5. The molecule has 0 radical (unpaired) electrons. The Morgan fingerprint density at radius 2 is 1.74 bits per heavy atom. The Morgan fingerprint density at radius 3 is 2.29 bits per heavy atom. The first-order valence-corrected chi connectivity index (χ1v) is 11.9. The zero-order valence-corrected chi connectivity index (χ0v) is 20.7. The lowest BCUT2D eigenvalue weighted by Gasteiger charge is -2.32. The molecule has 2 aromatic carbocycles. The van der Waals surface area contributed by atoms with Crippen molar-refractivity contribution in [2.75, 3.05) is 0 Å². The van der Waals surface area contributed by atoms with Gasteiger partial charge in [-0.15, -0.1) is 0 Å². The SMILES string of the molecule is CC(C)Oc1ccc(-c2ccc(C(c3ccccc3)C(C)(C)C(=O)N=C(N)SC=N)cn2)cc1. The van der Waals surface area contributed by atoms with Crippen LogP contribution in [-0.4, -0.2) is 27.7 Å². The Kier molecular flexibility index (Phi) is 8.23. The maximum absolute atomic E-state index is 13.1. The number of thioether (sulfide) groups is 1. The minimum absolute atomic E-state index is 0.0539. The van der Waals surface area contributed by atoms with E-state index in [4.69, 9.17) is 20.9 Å². The number of nitrogens with zero attached hydrogens (tertiary/aromatic N) is 2. The van der Waals surface area contributed by atoms with Crippen molar-refractivity contribution in [3.63, 3.8) is 0 Å². The number of aromatic nitrogens is 1. The molecule has 6 nitrogen and oxygen atoms in total. The number of aliphatic imine (C=N–C) groups is 1. The summed E-state index contributed by atoms with van der Waals surface area (Å²) in [6.45, 7) is 7.71. The van der Waals surface area contributed by atoms with E-state index in [2.05, 4.69) is 4.99 Å². The number of ether oxygens (including phenoxy) is 1. The first-order chi connectivity index (χ1) is 16.2. The Morgan fingerprint density at radius 1 is 1.06 bits per heavy atom. The fourth-order valence-corrected chi connectivity index (χ4v) is 4.11. The molecular weight excluding hydrogens is 444 g/mol. The van der Waals surface area contributed by atoms with Crippen LogP contribution in [0.1, 0.15) is 44.7 Å². The van der Waals surface area contributed by atoms with E-state index in [0.717, 1.165) is 45.4 Å². The van der Waals surface area contributed by atoms with Crippen LogP contribution >= 0.6 is 11.8 Å². The molecule has 34 heavy (non-hydrogen) atoms. The van der Waals surface area contributed by atoms with Crippen LogP contribution in [0.15, 0.2) is 77.9 Å². The van der Waals surface area contributed by atoms with E-state index in [1.54, 1.807) is 0 Å².